The fourth-order valence-corrected chi connectivity index (χ4v) is 4.03. The van der Waals surface area contributed by atoms with Gasteiger partial charge in [-0.25, -0.2) is 12.7 Å². The average molecular weight is 491 g/mol. The van der Waals surface area contributed by atoms with Gasteiger partial charge in [-0.05, 0) is 37.3 Å². The SMILES string of the molecule is C[C@@H]1CN([C@H](C)CO)C(=O)c2cc(NC(=O)c3ccncc3)ccc2O[C@@H]1CN(C)S(C)(=O)=O. The minimum atomic E-state index is -3.44. The molecule has 1 aliphatic heterocycles. The predicted molar refractivity (Wildman–Crippen MR) is 127 cm³/mol. The molecule has 3 atom stereocenters. The van der Waals surface area contributed by atoms with E-state index in [0.29, 0.717) is 11.3 Å². The van der Waals surface area contributed by atoms with Gasteiger partial charge < -0.3 is 20.1 Å². The highest BCUT2D eigenvalue weighted by Gasteiger charge is 2.34. The highest BCUT2D eigenvalue weighted by atomic mass is 32.2. The molecule has 1 aromatic heterocycles. The molecule has 2 N–H and O–H groups in total. The smallest absolute Gasteiger partial charge is 0.258 e. The van der Waals surface area contributed by atoms with Crippen molar-refractivity contribution in [2.75, 3.05) is 38.3 Å². The second kappa shape index (κ2) is 10.5. The van der Waals surface area contributed by atoms with Crippen molar-refractivity contribution in [3.8, 4) is 5.75 Å². The number of hydrogen-bond donors (Lipinski definition) is 2. The molecule has 3 rings (SSSR count). The molecule has 0 saturated carbocycles. The van der Waals surface area contributed by atoms with Crippen molar-refractivity contribution >= 4 is 27.5 Å². The third-order valence-corrected chi connectivity index (χ3v) is 7.15. The van der Waals surface area contributed by atoms with E-state index in [1.807, 2.05) is 6.92 Å². The highest BCUT2D eigenvalue weighted by molar-refractivity contribution is 7.88. The first-order valence-electron chi connectivity index (χ1n) is 10.9. The maximum atomic E-state index is 13.4. The summed E-state index contributed by atoms with van der Waals surface area (Å²) in [6, 6.07) is 7.42. The molecule has 1 aromatic carbocycles. The lowest BCUT2D eigenvalue weighted by atomic mass is 9.99. The molecule has 0 fully saturated rings. The second-order valence-electron chi connectivity index (χ2n) is 8.57. The zero-order chi connectivity index (χ0) is 25.0. The van der Waals surface area contributed by atoms with Crippen LogP contribution < -0.4 is 10.1 Å². The fraction of sp³-hybridized carbons (Fsp3) is 0.435. The Morgan fingerprint density at radius 3 is 2.62 bits per heavy atom. The summed E-state index contributed by atoms with van der Waals surface area (Å²) in [5, 5.41) is 12.5. The molecule has 11 heteroatoms. The van der Waals surface area contributed by atoms with Gasteiger partial charge >= 0.3 is 0 Å². The monoisotopic (exact) mass is 490 g/mol. The van der Waals surface area contributed by atoms with E-state index in [2.05, 4.69) is 10.3 Å². The molecule has 184 valence electrons. The van der Waals surface area contributed by atoms with Gasteiger partial charge in [0.2, 0.25) is 10.0 Å². The largest absolute Gasteiger partial charge is 0.488 e. The van der Waals surface area contributed by atoms with Crippen LogP contribution in [0, 0.1) is 5.92 Å². The number of fused-ring (bicyclic) bond motifs is 1. The van der Waals surface area contributed by atoms with Gasteiger partial charge in [0.05, 0.1) is 31.0 Å². The van der Waals surface area contributed by atoms with E-state index in [-0.39, 0.29) is 48.7 Å². The molecule has 10 nitrogen and oxygen atoms in total. The summed E-state index contributed by atoms with van der Waals surface area (Å²) in [5.41, 5.74) is 1.02. The van der Waals surface area contributed by atoms with Crippen molar-refractivity contribution < 1.29 is 27.9 Å². The van der Waals surface area contributed by atoms with Gasteiger partial charge in [-0.1, -0.05) is 6.92 Å². The summed E-state index contributed by atoms with van der Waals surface area (Å²) in [6.07, 6.45) is 3.60. The number of nitrogens with zero attached hydrogens (tertiary/aromatic N) is 3. The highest BCUT2D eigenvalue weighted by Crippen LogP contribution is 2.31. The first kappa shape index (κ1) is 25.6. The number of aliphatic hydroxyl groups is 1. The van der Waals surface area contributed by atoms with E-state index in [9.17, 15) is 23.1 Å². The lowest BCUT2D eigenvalue weighted by molar-refractivity contribution is 0.0387. The van der Waals surface area contributed by atoms with Crippen molar-refractivity contribution in [2.45, 2.75) is 26.0 Å². The van der Waals surface area contributed by atoms with Crippen LogP contribution in [-0.4, -0.2) is 84.7 Å². The summed E-state index contributed by atoms with van der Waals surface area (Å²) in [5.74, 6) is -0.649. The van der Waals surface area contributed by atoms with E-state index in [0.717, 1.165) is 6.26 Å². The van der Waals surface area contributed by atoms with Gasteiger partial charge in [0.1, 0.15) is 11.9 Å². The molecule has 1 aliphatic rings. The number of carbonyl (C=O) groups is 2. The number of hydrogen-bond acceptors (Lipinski definition) is 7. The lowest BCUT2D eigenvalue weighted by Crippen LogP contribution is -2.50. The summed E-state index contributed by atoms with van der Waals surface area (Å²) in [7, 11) is -1.96. The van der Waals surface area contributed by atoms with Crippen LogP contribution in [0.25, 0.3) is 0 Å². The van der Waals surface area contributed by atoms with Gasteiger partial charge in [0.15, 0.2) is 0 Å². The number of amides is 2. The van der Waals surface area contributed by atoms with Crippen LogP contribution in [0.5, 0.6) is 5.75 Å². The van der Waals surface area contributed by atoms with E-state index < -0.39 is 22.2 Å². The van der Waals surface area contributed by atoms with Crippen molar-refractivity contribution in [3.63, 3.8) is 0 Å². The maximum absolute atomic E-state index is 13.4. The average Bonchev–Trinajstić information content (AvgIpc) is 2.81. The Morgan fingerprint density at radius 2 is 2.00 bits per heavy atom. The molecule has 0 aliphatic carbocycles. The van der Waals surface area contributed by atoms with Gasteiger partial charge in [-0.2, -0.15) is 0 Å². The first-order chi connectivity index (χ1) is 16.0. The van der Waals surface area contributed by atoms with Crippen molar-refractivity contribution in [3.05, 3.63) is 53.9 Å². The molecule has 0 spiro atoms. The number of aromatic nitrogens is 1. The zero-order valence-corrected chi connectivity index (χ0v) is 20.4. The summed E-state index contributed by atoms with van der Waals surface area (Å²) >= 11 is 0. The Labute approximate surface area is 199 Å². The Balaban J connectivity index is 1.97. The molecule has 0 saturated heterocycles. The van der Waals surface area contributed by atoms with Crippen LogP contribution >= 0.6 is 0 Å². The number of likely N-dealkylation sites (N-methyl/N-ethyl adjacent to an activating group) is 1. The summed E-state index contributed by atoms with van der Waals surface area (Å²) < 4.78 is 31.3. The maximum Gasteiger partial charge on any atom is 0.258 e. The minimum Gasteiger partial charge on any atom is -0.488 e. The Bertz CT molecular complexity index is 1140. The lowest BCUT2D eigenvalue weighted by Gasteiger charge is -2.38. The number of nitrogens with one attached hydrogen (secondary N) is 1. The van der Waals surface area contributed by atoms with Gasteiger partial charge in [0.25, 0.3) is 11.8 Å². The molecule has 0 bridgehead atoms. The van der Waals surface area contributed by atoms with Crippen molar-refractivity contribution in [1.29, 1.82) is 0 Å². The second-order valence-corrected chi connectivity index (χ2v) is 10.7. The van der Waals surface area contributed by atoms with Crippen LogP contribution in [0.3, 0.4) is 0 Å². The van der Waals surface area contributed by atoms with Crippen LogP contribution in [0.4, 0.5) is 5.69 Å². The minimum absolute atomic E-state index is 0.0928. The number of ether oxygens (including phenoxy) is 1. The Kier molecular flexibility index (Phi) is 7.90. The number of carbonyl (C=O) groups excluding carboxylic acids is 2. The fourth-order valence-electron chi connectivity index (χ4n) is 3.61. The number of pyridine rings is 1. The zero-order valence-electron chi connectivity index (χ0n) is 19.6. The number of rotatable bonds is 7. The van der Waals surface area contributed by atoms with Crippen molar-refractivity contribution in [1.82, 2.24) is 14.2 Å². The third-order valence-electron chi connectivity index (χ3n) is 5.87. The van der Waals surface area contributed by atoms with Gasteiger partial charge in [0, 0.05) is 43.2 Å². The number of aliphatic hydroxyl groups excluding tert-OH is 1. The van der Waals surface area contributed by atoms with Gasteiger partial charge in [-0.3, -0.25) is 14.6 Å². The van der Waals surface area contributed by atoms with Crippen molar-refractivity contribution in [2.24, 2.45) is 5.92 Å². The first-order valence-corrected chi connectivity index (χ1v) is 12.7. The van der Waals surface area contributed by atoms with Crippen LogP contribution in [0.2, 0.25) is 0 Å². The summed E-state index contributed by atoms with van der Waals surface area (Å²) in [6.45, 7) is 3.73. The predicted octanol–water partition coefficient (Wildman–Crippen LogP) is 1.45. The van der Waals surface area contributed by atoms with E-state index >= 15 is 0 Å². The molecule has 34 heavy (non-hydrogen) atoms. The Hall–Kier alpha value is -3.02. The van der Waals surface area contributed by atoms with Crippen LogP contribution in [-0.2, 0) is 10.0 Å². The summed E-state index contributed by atoms with van der Waals surface area (Å²) in [4.78, 5) is 31.4. The Morgan fingerprint density at radius 1 is 1.32 bits per heavy atom. The molecule has 0 radical (unpaired) electrons. The molecule has 2 aromatic rings. The van der Waals surface area contributed by atoms with Gasteiger partial charge in [-0.15, -0.1) is 0 Å². The van der Waals surface area contributed by atoms with E-state index in [1.165, 1.54) is 29.8 Å². The molecule has 0 unspecified atom stereocenters. The number of anilines is 1. The quantitative estimate of drug-likeness (QED) is 0.601. The number of benzene rings is 1. The normalized spacial score (nSPS) is 19.6. The van der Waals surface area contributed by atoms with Crippen LogP contribution in [0.15, 0.2) is 42.7 Å². The third kappa shape index (κ3) is 5.91. The van der Waals surface area contributed by atoms with Crippen LogP contribution in [0.1, 0.15) is 34.6 Å². The number of sulfonamides is 1. The molecule has 2 heterocycles. The standard InChI is InChI=1S/C23H30N4O6S/c1-15-12-27(16(2)14-28)23(30)19-11-18(25-22(29)17-7-9-24-10-8-17)5-6-20(19)33-21(15)13-26(3)34(4,31)32/h5-11,15-16,21,28H,12-14H2,1-4H3,(H,25,29)/t15-,16-,21-/m1/s1. The van der Waals surface area contributed by atoms with E-state index in [4.69, 9.17) is 4.74 Å². The molecular formula is C23H30N4O6S. The molecular weight excluding hydrogens is 460 g/mol. The topological polar surface area (TPSA) is 129 Å². The molecule has 2 amide bonds. The van der Waals surface area contributed by atoms with E-state index in [1.54, 1.807) is 36.1 Å².